The molecule has 0 saturated heterocycles. The second kappa shape index (κ2) is 5.66. The molecule has 1 aromatic carbocycles. The van der Waals surface area contributed by atoms with Gasteiger partial charge in [-0.2, -0.15) is 5.26 Å². The third-order valence-electron chi connectivity index (χ3n) is 3.86. The van der Waals surface area contributed by atoms with Crippen LogP contribution in [0.2, 0.25) is 0 Å². The van der Waals surface area contributed by atoms with Crippen LogP contribution >= 0.6 is 0 Å². The number of nitrogens with zero attached hydrogens (tertiary/aromatic N) is 3. The van der Waals surface area contributed by atoms with Gasteiger partial charge in [-0.15, -0.1) is 0 Å². The zero-order chi connectivity index (χ0) is 14.9. The van der Waals surface area contributed by atoms with Crippen LogP contribution in [0.15, 0.2) is 18.2 Å². The summed E-state index contributed by atoms with van der Waals surface area (Å²) in [5.74, 6) is 2.67. The van der Waals surface area contributed by atoms with Crippen LogP contribution in [-0.4, -0.2) is 9.55 Å². The second-order valence-corrected chi connectivity index (χ2v) is 6.32. The van der Waals surface area contributed by atoms with Gasteiger partial charge in [-0.25, -0.2) is 4.98 Å². The summed E-state index contributed by atoms with van der Waals surface area (Å²) in [6.45, 7) is 12.1. The van der Waals surface area contributed by atoms with E-state index in [1.807, 2.05) is 18.2 Å². The SMILES string of the molecule is CC(C)Cn1c(C(C)C(C)C)nc2cc(C#N)ccc21. The van der Waals surface area contributed by atoms with Gasteiger partial charge in [-0.3, -0.25) is 0 Å². The van der Waals surface area contributed by atoms with Crippen molar-refractivity contribution in [3.05, 3.63) is 29.6 Å². The summed E-state index contributed by atoms with van der Waals surface area (Å²) in [4.78, 5) is 4.81. The number of imidazole rings is 1. The van der Waals surface area contributed by atoms with Crippen molar-refractivity contribution in [2.75, 3.05) is 0 Å². The van der Waals surface area contributed by atoms with E-state index in [0.717, 1.165) is 23.4 Å². The zero-order valence-corrected chi connectivity index (χ0v) is 13.0. The Morgan fingerprint density at radius 2 is 1.90 bits per heavy atom. The van der Waals surface area contributed by atoms with E-state index in [1.54, 1.807) is 0 Å². The van der Waals surface area contributed by atoms with Crippen molar-refractivity contribution in [2.45, 2.75) is 47.1 Å². The zero-order valence-electron chi connectivity index (χ0n) is 13.0. The van der Waals surface area contributed by atoms with Crippen molar-refractivity contribution < 1.29 is 0 Å². The Hall–Kier alpha value is -1.82. The number of nitriles is 1. The topological polar surface area (TPSA) is 41.6 Å². The molecule has 106 valence electrons. The van der Waals surface area contributed by atoms with Gasteiger partial charge in [-0.1, -0.05) is 34.6 Å². The van der Waals surface area contributed by atoms with Crippen molar-refractivity contribution in [1.82, 2.24) is 9.55 Å². The van der Waals surface area contributed by atoms with Crippen LogP contribution in [0, 0.1) is 23.2 Å². The minimum Gasteiger partial charge on any atom is -0.327 e. The molecule has 0 fully saturated rings. The number of hydrogen-bond acceptors (Lipinski definition) is 2. The Morgan fingerprint density at radius 3 is 2.45 bits per heavy atom. The van der Waals surface area contributed by atoms with Crippen LogP contribution < -0.4 is 0 Å². The lowest BCUT2D eigenvalue weighted by Gasteiger charge is -2.18. The largest absolute Gasteiger partial charge is 0.327 e. The molecule has 2 rings (SSSR count). The third kappa shape index (κ3) is 2.70. The lowest BCUT2D eigenvalue weighted by Crippen LogP contribution is -2.14. The van der Waals surface area contributed by atoms with E-state index in [0.29, 0.717) is 23.3 Å². The number of hydrogen-bond donors (Lipinski definition) is 0. The Labute approximate surface area is 121 Å². The maximum absolute atomic E-state index is 9.03. The van der Waals surface area contributed by atoms with Crippen LogP contribution in [0.25, 0.3) is 11.0 Å². The number of rotatable bonds is 4. The summed E-state index contributed by atoms with van der Waals surface area (Å²) >= 11 is 0. The van der Waals surface area contributed by atoms with Gasteiger partial charge in [0, 0.05) is 12.5 Å². The number of fused-ring (bicyclic) bond motifs is 1. The monoisotopic (exact) mass is 269 g/mol. The molecule has 3 heteroatoms. The Bertz CT molecular complexity index is 644. The van der Waals surface area contributed by atoms with Gasteiger partial charge in [0.1, 0.15) is 5.82 Å². The summed E-state index contributed by atoms with van der Waals surface area (Å²) < 4.78 is 2.33. The van der Waals surface area contributed by atoms with E-state index in [9.17, 15) is 0 Å². The summed E-state index contributed by atoms with van der Waals surface area (Å²) in [6, 6.07) is 7.99. The van der Waals surface area contributed by atoms with Crippen molar-refractivity contribution in [1.29, 1.82) is 5.26 Å². The lowest BCUT2D eigenvalue weighted by atomic mass is 9.97. The second-order valence-electron chi connectivity index (χ2n) is 6.32. The van der Waals surface area contributed by atoms with Crippen LogP contribution in [0.5, 0.6) is 0 Å². The molecule has 0 aliphatic carbocycles. The van der Waals surface area contributed by atoms with Gasteiger partial charge >= 0.3 is 0 Å². The molecule has 0 aliphatic heterocycles. The standard InChI is InChI=1S/C17H23N3/c1-11(2)10-20-16-7-6-14(9-18)8-15(16)19-17(20)13(5)12(3)4/h6-8,11-13H,10H2,1-5H3. The van der Waals surface area contributed by atoms with E-state index < -0.39 is 0 Å². The van der Waals surface area contributed by atoms with Crippen molar-refractivity contribution in [2.24, 2.45) is 11.8 Å². The van der Waals surface area contributed by atoms with Gasteiger partial charge < -0.3 is 4.57 Å². The molecule has 1 aromatic heterocycles. The Kier molecular flexibility index (Phi) is 4.13. The molecular formula is C17H23N3. The average molecular weight is 269 g/mol. The molecule has 0 saturated carbocycles. The molecule has 0 aliphatic rings. The highest BCUT2D eigenvalue weighted by atomic mass is 15.1. The maximum atomic E-state index is 9.03. The molecule has 1 unspecified atom stereocenters. The molecule has 3 nitrogen and oxygen atoms in total. The van der Waals surface area contributed by atoms with Crippen LogP contribution in [0.3, 0.4) is 0 Å². The van der Waals surface area contributed by atoms with Gasteiger partial charge in [0.2, 0.25) is 0 Å². The van der Waals surface area contributed by atoms with Crippen LogP contribution in [0.4, 0.5) is 0 Å². The highest BCUT2D eigenvalue weighted by Crippen LogP contribution is 2.28. The smallest absolute Gasteiger partial charge is 0.112 e. The van der Waals surface area contributed by atoms with Crippen LogP contribution in [0.1, 0.15) is 51.9 Å². The Balaban J connectivity index is 2.62. The van der Waals surface area contributed by atoms with E-state index in [2.05, 4.69) is 45.3 Å². The molecule has 0 bridgehead atoms. The number of aromatic nitrogens is 2. The van der Waals surface area contributed by atoms with E-state index in [4.69, 9.17) is 10.2 Å². The summed E-state index contributed by atoms with van der Waals surface area (Å²) in [5.41, 5.74) is 2.75. The molecule has 2 aromatic rings. The molecule has 0 radical (unpaired) electrons. The Morgan fingerprint density at radius 1 is 1.20 bits per heavy atom. The molecule has 1 heterocycles. The average Bonchev–Trinajstić information content (AvgIpc) is 2.74. The summed E-state index contributed by atoms with van der Waals surface area (Å²) in [6.07, 6.45) is 0. The first-order chi connectivity index (χ1) is 9.43. The highest BCUT2D eigenvalue weighted by Gasteiger charge is 2.19. The molecule has 1 atom stereocenters. The van der Waals surface area contributed by atoms with Gasteiger partial charge in [-0.05, 0) is 30.0 Å². The van der Waals surface area contributed by atoms with E-state index in [-0.39, 0.29) is 0 Å². The minimum absolute atomic E-state index is 0.409. The molecular weight excluding hydrogens is 246 g/mol. The molecule has 20 heavy (non-hydrogen) atoms. The quantitative estimate of drug-likeness (QED) is 0.829. The summed E-state index contributed by atoms with van der Waals surface area (Å²) in [7, 11) is 0. The van der Waals surface area contributed by atoms with Gasteiger partial charge in [0.15, 0.2) is 0 Å². The fourth-order valence-corrected chi connectivity index (χ4v) is 2.42. The minimum atomic E-state index is 0.409. The lowest BCUT2D eigenvalue weighted by molar-refractivity contribution is 0.455. The van der Waals surface area contributed by atoms with Crippen molar-refractivity contribution in [3.8, 4) is 6.07 Å². The predicted octanol–water partition coefficient (Wildman–Crippen LogP) is 4.32. The third-order valence-corrected chi connectivity index (χ3v) is 3.86. The van der Waals surface area contributed by atoms with Crippen molar-refractivity contribution >= 4 is 11.0 Å². The first kappa shape index (κ1) is 14.6. The molecule has 0 N–H and O–H groups in total. The number of benzene rings is 1. The molecule has 0 amide bonds. The van der Waals surface area contributed by atoms with Crippen LogP contribution in [-0.2, 0) is 6.54 Å². The first-order valence-corrected chi connectivity index (χ1v) is 7.34. The fourth-order valence-electron chi connectivity index (χ4n) is 2.42. The van der Waals surface area contributed by atoms with Crippen molar-refractivity contribution in [3.63, 3.8) is 0 Å². The summed E-state index contributed by atoms with van der Waals surface area (Å²) in [5, 5.41) is 9.03. The predicted molar refractivity (Wildman–Crippen MR) is 82.5 cm³/mol. The van der Waals surface area contributed by atoms with E-state index in [1.165, 1.54) is 0 Å². The van der Waals surface area contributed by atoms with E-state index >= 15 is 0 Å². The van der Waals surface area contributed by atoms with Gasteiger partial charge in [0.25, 0.3) is 0 Å². The molecule has 0 spiro atoms. The normalized spacial score (nSPS) is 13.1. The first-order valence-electron chi connectivity index (χ1n) is 7.34. The van der Waals surface area contributed by atoms with Gasteiger partial charge in [0.05, 0.1) is 22.7 Å². The highest BCUT2D eigenvalue weighted by molar-refractivity contribution is 5.78. The maximum Gasteiger partial charge on any atom is 0.112 e. The fraction of sp³-hybridized carbons (Fsp3) is 0.529.